The minimum absolute atomic E-state index is 0.00853. The Bertz CT molecular complexity index is 388. The summed E-state index contributed by atoms with van der Waals surface area (Å²) in [6, 6.07) is 7.47. The quantitative estimate of drug-likeness (QED) is 0.423. The van der Waals surface area contributed by atoms with Crippen molar-refractivity contribution in [2.45, 2.75) is 6.32 Å². The van der Waals surface area contributed by atoms with Crippen molar-refractivity contribution in [1.82, 2.24) is 0 Å². The molecule has 1 aliphatic rings. The Balaban J connectivity index is 2.24. The normalized spacial score (nSPS) is 12.7. The molecule has 0 aliphatic carbocycles. The molecule has 14 heavy (non-hydrogen) atoms. The standard InChI is InChI=1S/C9H8BNO3/c11-4-5-13-8-3-1-2-7-6-10(14-12)9(7)8/h1-3,12H,5-6H2. The predicted octanol–water partition coefficient (Wildman–Crippen LogP) is 0.372. The van der Waals surface area contributed by atoms with Gasteiger partial charge in [-0.2, -0.15) is 5.26 Å². The fourth-order valence-corrected chi connectivity index (χ4v) is 1.63. The summed E-state index contributed by atoms with van der Waals surface area (Å²) in [4.78, 5) is 4.27. The van der Waals surface area contributed by atoms with Crippen LogP contribution in [0.4, 0.5) is 0 Å². The summed E-state index contributed by atoms with van der Waals surface area (Å²) in [6.07, 6.45) is 0.690. The summed E-state index contributed by atoms with van der Waals surface area (Å²) in [5.41, 5.74) is 1.95. The first-order valence-corrected chi connectivity index (χ1v) is 4.28. The third kappa shape index (κ3) is 1.35. The lowest BCUT2D eigenvalue weighted by Crippen LogP contribution is -2.48. The molecule has 2 rings (SSSR count). The second-order valence-corrected chi connectivity index (χ2v) is 3.07. The Morgan fingerprint density at radius 2 is 2.43 bits per heavy atom. The SMILES string of the molecule is N#CCOc1cccc2c1B(OO)C2. The van der Waals surface area contributed by atoms with Gasteiger partial charge in [0.25, 0.3) is 0 Å². The van der Waals surface area contributed by atoms with Crippen LogP contribution in [0.5, 0.6) is 5.75 Å². The van der Waals surface area contributed by atoms with E-state index in [2.05, 4.69) is 4.81 Å². The average Bonchev–Trinajstić information content (AvgIpc) is 2.17. The van der Waals surface area contributed by atoms with Gasteiger partial charge < -0.3 is 9.54 Å². The number of fused-ring (bicyclic) bond motifs is 1. The third-order valence-electron chi connectivity index (χ3n) is 2.30. The van der Waals surface area contributed by atoms with E-state index in [-0.39, 0.29) is 13.5 Å². The maximum absolute atomic E-state index is 8.56. The molecule has 0 atom stereocenters. The molecule has 4 nitrogen and oxygen atoms in total. The van der Waals surface area contributed by atoms with Gasteiger partial charge in [0.1, 0.15) is 11.8 Å². The van der Waals surface area contributed by atoms with Crippen molar-refractivity contribution in [2.24, 2.45) is 0 Å². The number of ether oxygens (including phenoxy) is 1. The van der Waals surface area contributed by atoms with Gasteiger partial charge in [0.2, 0.25) is 0 Å². The van der Waals surface area contributed by atoms with Crippen molar-refractivity contribution >= 4 is 12.4 Å². The predicted molar refractivity (Wildman–Crippen MR) is 50.4 cm³/mol. The Labute approximate surface area is 81.7 Å². The lowest BCUT2D eigenvalue weighted by Gasteiger charge is -2.25. The van der Waals surface area contributed by atoms with E-state index in [4.69, 9.17) is 15.3 Å². The molecular weight excluding hydrogens is 181 g/mol. The summed E-state index contributed by atoms with van der Waals surface area (Å²) in [5, 5.41) is 16.9. The molecule has 0 radical (unpaired) electrons. The first-order chi connectivity index (χ1) is 6.86. The van der Waals surface area contributed by atoms with E-state index < -0.39 is 0 Å². The van der Waals surface area contributed by atoms with E-state index in [1.54, 1.807) is 6.07 Å². The first kappa shape index (κ1) is 9.07. The molecule has 0 unspecified atom stereocenters. The maximum atomic E-state index is 8.56. The van der Waals surface area contributed by atoms with Crippen molar-refractivity contribution in [3.63, 3.8) is 0 Å². The number of benzene rings is 1. The molecule has 0 aromatic heterocycles. The Kier molecular flexibility index (Phi) is 2.40. The van der Waals surface area contributed by atoms with Crippen LogP contribution in [0.3, 0.4) is 0 Å². The van der Waals surface area contributed by atoms with Crippen molar-refractivity contribution in [1.29, 1.82) is 5.26 Å². The molecule has 0 bridgehead atoms. The molecular formula is C9H8BNO3. The molecule has 1 aliphatic heterocycles. The second-order valence-electron chi connectivity index (χ2n) is 3.07. The molecule has 1 aromatic carbocycles. The van der Waals surface area contributed by atoms with Crippen molar-refractivity contribution in [3.05, 3.63) is 23.8 Å². The topological polar surface area (TPSA) is 62.5 Å². The molecule has 0 fully saturated rings. The highest BCUT2D eigenvalue weighted by atomic mass is 17.1. The number of rotatable bonds is 3. The molecule has 5 heteroatoms. The van der Waals surface area contributed by atoms with E-state index in [1.807, 2.05) is 18.2 Å². The molecule has 1 N–H and O–H groups in total. The van der Waals surface area contributed by atoms with Crippen LogP contribution < -0.4 is 10.2 Å². The van der Waals surface area contributed by atoms with Crippen LogP contribution in [0.1, 0.15) is 5.56 Å². The lowest BCUT2D eigenvalue weighted by molar-refractivity contribution is -0.143. The third-order valence-corrected chi connectivity index (χ3v) is 2.30. The van der Waals surface area contributed by atoms with Gasteiger partial charge in [0, 0.05) is 0 Å². The van der Waals surface area contributed by atoms with E-state index in [9.17, 15) is 0 Å². The van der Waals surface area contributed by atoms with Crippen LogP contribution >= 0.6 is 0 Å². The van der Waals surface area contributed by atoms with E-state index >= 15 is 0 Å². The molecule has 0 saturated carbocycles. The maximum Gasteiger partial charge on any atom is 0.380 e. The molecule has 0 spiro atoms. The number of hydrogen-bond acceptors (Lipinski definition) is 4. The lowest BCUT2D eigenvalue weighted by atomic mass is 9.45. The summed E-state index contributed by atoms with van der Waals surface area (Å²) >= 11 is 0. The Morgan fingerprint density at radius 1 is 1.57 bits per heavy atom. The van der Waals surface area contributed by atoms with Gasteiger partial charge >= 0.3 is 6.92 Å². The van der Waals surface area contributed by atoms with Crippen LogP contribution in [-0.4, -0.2) is 18.8 Å². The number of nitrogens with zero attached hydrogens (tertiary/aromatic N) is 1. The van der Waals surface area contributed by atoms with Gasteiger partial charge in [-0.3, -0.25) is 5.26 Å². The smallest absolute Gasteiger partial charge is 0.380 e. The van der Waals surface area contributed by atoms with E-state index in [0.29, 0.717) is 12.1 Å². The zero-order valence-electron chi connectivity index (χ0n) is 7.43. The van der Waals surface area contributed by atoms with E-state index in [0.717, 1.165) is 11.0 Å². The van der Waals surface area contributed by atoms with Crippen molar-refractivity contribution < 1.29 is 14.8 Å². The molecule has 1 aromatic rings. The molecule has 1 heterocycles. The highest BCUT2D eigenvalue weighted by Gasteiger charge is 2.36. The van der Waals surface area contributed by atoms with E-state index in [1.165, 1.54) is 0 Å². The van der Waals surface area contributed by atoms with Crippen molar-refractivity contribution in [2.75, 3.05) is 6.61 Å². The average molecular weight is 189 g/mol. The largest absolute Gasteiger partial charge is 0.479 e. The van der Waals surface area contributed by atoms with Gasteiger partial charge in [-0.05, 0) is 17.8 Å². The van der Waals surface area contributed by atoms with Gasteiger partial charge in [0.05, 0.1) is 0 Å². The zero-order chi connectivity index (χ0) is 9.97. The number of hydrogen-bond donors (Lipinski definition) is 1. The van der Waals surface area contributed by atoms with Gasteiger partial charge in [0.15, 0.2) is 6.61 Å². The Hall–Kier alpha value is -1.51. The summed E-state index contributed by atoms with van der Waals surface area (Å²) in [6.45, 7) is -0.297. The van der Waals surface area contributed by atoms with Gasteiger partial charge in [-0.25, -0.2) is 0 Å². The number of nitriles is 1. The van der Waals surface area contributed by atoms with Crippen molar-refractivity contribution in [3.8, 4) is 11.8 Å². The minimum atomic E-state index is -0.306. The summed E-state index contributed by atoms with van der Waals surface area (Å²) < 4.78 is 5.20. The van der Waals surface area contributed by atoms with Crippen LogP contribution in [0, 0.1) is 11.3 Å². The van der Waals surface area contributed by atoms with Crippen LogP contribution in [0.15, 0.2) is 18.2 Å². The fraction of sp³-hybridized carbons (Fsp3) is 0.222. The highest BCUT2D eigenvalue weighted by Crippen LogP contribution is 2.21. The van der Waals surface area contributed by atoms with Crippen LogP contribution in [-0.2, 0) is 11.1 Å². The molecule has 70 valence electrons. The fourth-order valence-electron chi connectivity index (χ4n) is 1.63. The first-order valence-electron chi connectivity index (χ1n) is 4.28. The van der Waals surface area contributed by atoms with Gasteiger partial charge in [-0.15, -0.1) is 0 Å². The summed E-state index contributed by atoms with van der Waals surface area (Å²) in [5.74, 6) is 0.620. The zero-order valence-corrected chi connectivity index (χ0v) is 7.43. The molecule has 0 saturated heterocycles. The van der Waals surface area contributed by atoms with Crippen LogP contribution in [0.2, 0.25) is 0 Å². The minimum Gasteiger partial charge on any atom is -0.479 e. The molecule has 0 amide bonds. The monoisotopic (exact) mass is 189 g/mol. The van der Waals surface area contributed by atoms with Gasteiger partial charge in [-0.1, -0.05) is 17.7 Å². The Morgan fingerprint density at radius 3 is 3.14 bits per heavy atom. The highest BCUT2D eigenvalue weighted by molar-refractivity contribution is 6.72. The summed E-state index contributed by atoms with van der Waals surface area (Å²) in [7, 11) is 0. The van der Waals surface area contributed by atoms with Crippen LogP contribution in [0.25, 0.3) is 0 Å². The second kappa shape index (κ2) is 3.70.